The van der Waals surface area contributed by atoms with Crippen molar-refractivity contribution in [1.29, 1.82) is 0 Å². The van der Waals surface area contributed by atoms with Crippen LogP contribution in [0.3, 0.4) is 0 Å². The third-order valence-electron chi connectivity index (χ3n) is 1.99. The van der Waals surface area contributed by atoms with E-state index in [1.807, 2.05) is 6.92 Å². The Balaban J connectivity index is 3.01. The maximum Gasteiger partial charge on any atom is 0.0919 e. The van der Waals surface area contributed by atoms with Crippen molar-refractivity contribution in [2.45, 2.75) is 46.5 Å². The second-order valence-corrected chi connectivity index (χ2v) is 3.94. The predicted octanol–water partition coefficient (Wildman–Crippen LogP) is 3.81. The van der Waals surface area contributed by atoms with E-state index in [-0.39, 0.29) is 12.6 Å². The lowest BCUT2D eigenvalue weighted by Crippen LogP contribution is -1.97. The second kappa shape index (κ2) is 6.63. The average molecular weight is 160 g/mol. The molecule has 0 rings (SSSR count). The Morgan fingerprint density at radius 2 is 1.55 bits per heavy atom. The first-order valence-electron chi connectivity index (χ1n) is 4.72. The van der Waals surface area contributed by atoms with E-state index in [1.54, 1.807) is 0 Å². The quantitative estimate of drug-likeness (QED) is 0.518. The molecule has 0 radical (unpaired) electrons. The maximum absolute atomic E-state index is 12.0. The molecule has 0 fully saturated rings. The first-order valence-corrected chi connectivity index (χ1v) is 4.72. The minimum absolute atomic E-state index is 0.151. The molecule has 0 aliphatic heterocycles. The van der Waals surface area contributed by atoms with Crippen LogP contribution < -0.4 is 0 Å². The van der Waals surface area contributed by atoms with Gasteiger partial charge in [0.1, 0.15) is 0 Å². The maximum atomic E-state index is 12.0. The summed E-state index contributed by atoms with van der Waals surface area (Å²) < 4.78 is 12.0. The molecule has 0 heterocycles. The molecule has 0 saturated heterocycles. The van der Waals surface area contributed by atoms with Gasteiger partial charge in [-0.25, -0.2) is 0 Å². The summed E-state index contributed by atoms with van der Waals surface area (Å²) in [4.78, 5) is 0. The molecule has 0 aromatic heterocycles. The zero-order valence-corrected chi connectivity index (χ0v) is 8.07. The van der Waals surface area contributed by atoms with E-state index in [1.165, 1.54) is 19.3 Å². The van der Waals surface area contributed by atoms with Crippen molar-refractivity contribution in [2.24, 2.45) is 11.8 Å². The fourth-order valence-electron chi connectivity index (χ4n) is 1.12. The van der Waals surface area contributed by atoms with E-state index in [0.717, 1.165) is 12.3 Å². The van der Waals surface area contributed by atoms with Gasteiger partial charge in [0.25, 0.3) is 0 Å². The van der Waals surface area contributed by atoms with Gasteiger partial charge in [0.15, 0.2) is 0 Å². The largest absolute Gasteiger partial charge is 0.251 e. The minimum Gasteiger partial charge on any atom is -0.251 e. The number of unbranched alkanes of at least 4 members (excludes halogenated alkanes) is 1. The van der Waals surface area contributed by atoms with E-state index in [2.05, 4.69) is 13.8 Å². The van der Waals surface area contributed by atoms with Gasteiger partial charge < -0.3 is 0 Å². The van der Waals surface area contributed by atoms with Crippen LogP contribution in [-0.4, -0.2) is 6.67 Å². The predicted molar refractivity (Wildman–Crippen MR) is 48.4 cm³/mol. The van der Waals surface area contributed by atoms with Gasteiger partial charge in [-0.2, -0.15) is 0 Å². The van der Waals surface area contributed by atoms with Crippen molar-refractivity contribution in [3.8, 4) is 0 Å². The van der Waals surface area contributed by atoms with Crippen LogP contribution in [0, 0.1) is 11.8 Å². The fraction of sp³-hybridized carbons (Fsp3) is 1.00. The molecule has 0 saturated carbocycles. The van der Waals surface area contributed by atoms with Crippen molar-refractivity contribution in [1.82, 2.24) is 0 Å². The minimum atomic E-state index is -0.151. The van der Waals surface area contributed by atoms with Crippen molar-refractivity contribution in [3.63, 3.8) is 0 Å². The molecule has 1 unspecified atom stereocenters. The summed E-state index contributed by atoms with van der Waals surface area (Å²) in [6.07, 6.45) is 4.81. The van der Waals surface area contributed by atoms with Gasteiger partial charge in [-0.1, -0.05) is 40.0 Å². The van der Waals surface area contributed by atoms with Crippen LogP contribution in [0.25, 0.3) is 0 Å². The van der Waals surface area contributed by atoms with Crippen molar-refractivity contribution in [3.05, 3.63) is 0 Å². The summed E-state index contributed by atoms with van der Waals surface area (Å²) in [6.45, 7) is 6.30. The topological polar surface area (TPSA) is 0 Å². The third-order valence-corrected chi connectivity index (χ3v) is 1.99. The summed E-state index contributed by atoms with van der Waals surface area (Å²) in [5.41, 5.74) is 0. The molecule has 0 spiro atoms. The molecule has 0 nitrogen and oxygen atoms in total. The van der Waals surface area contributed by atoms with Gasteiger partial charge in [0, 0.05) is 0 Å². The Labute approximate surface area is 70.2 Å². The molecule has 1 atom stereocenters. The van der Waals surface area contributed by atoms with Crippen LogP contribution in [0.5, 0.6) is 0 Å². The molecular weight excluding hydrogens is 139 g/mol. The average Bonchev–Trinajstić information content (AvgIpc) is 1.97. The summed E-state index contributed by atoms with van der Waals surface area (Å²) in [6, 6.07) is 0. The van der Waals surface area contributed by atoms with E-state index in [4.69, 9.17) is 0 Å². The molecule has 0 N–H and O–H groups in total. The molecule has 1 heteroatoms. The lowest BCUT2D eigenvalue weighted by molar-refractivity contribution is 0.352. The lowest BCUT2D eigenvalue weighted by Gasteiger charge is -2.07. The van der Waals surface area contributed by atoms with Gasteiger partial charge in [0.2, 0.25) is 0 Å². The molecule has 11 heavy (non-hydrogen) atoms. The normalized spacial score (nSPS) is 13.9. The van der Waals surface area contributed by atoms with Crippen LogP contribution in [0.2, 0.25) is 0 Å². The highest BCUT2D eigenvalue weighted by Crippen LogP contribution is 2.12. The van der Waals surface area contributed by atoms with Gasteiger partial charge in [-0.3, -0.25) is 4.39 Å². The number of hydrogen-bond acceptors (Lipinski definition) is 0. The smallest absolute Gasteiger partial charge is 0.0919 e. The van der Waals surface area contributed by atoms with Crippen molar-refractivity contribution < 1.29 is 4.39 Å². The zero-order valence-electron chi connectivity index (χ0n) is 8.07. The first kappa shape index (κ1) is 10.9. The Kier molecular flexibility index (Phi) is 6.59. The zero-order chi connectivity index (χ0) is 8.69. The molecule has 0 aliphatic rings. The molecule has 0 amide bonds. The number of halogens is 1. The van der Waals surface area contributed by atoms with Crippen molar-refractivity contribution in [2.75, 3.05) is 6.67 Å². The van der Waals surface area contributed by atoms with E-state index < -0.39 is 0 Å². The van der Waals surface area contributed by atoms with Gasteiger partial charge in [0.05, 0.1) is 6.67 Å². The summed E-state index contributed by atoms with van der Waals surface area (Å²) in [5.74, 6) is 1.08. The molecule has 0 aromatic carbocycles. The third kappa shape index (κ3) is 7.83. The highest BCUT2D eigenvalue weighted by molar-refractivity contribution is 4.52. The summed E-state index contributed by atoms with van der Waals surface area (Å²) in [7, 11) is 0. The lowest BCUT2D eigenvalue weighted by atomic mass is 10.0. The van der Waals surface area contributed by atoms with E-state index in [9.17, 15) is 4.39 Å². The SMILES string of the molecule is CC(C)CCCCC(C)CF. The molecule has 0 aliphatic carbocycles. The molecule has 0 bridgehead atoms. The number of alkyl halides is 1. The van der Waals surface area contributed by atoms with Gasteiger partial charge in [-0.15, -0.1) is 0 Å². The van der Waals surface area contributed by atoms with Crippen LogP contribution >= 0.6 is 0 Å². The highest BCUT2D eigenvalue weighted by atomic mass is 19.1. The van der Waals surface area contributed by atoms with Crippen LogP contribution in [0.4, 0.5) is 4.39 Å². The Morgan fingerprint density at radius 3 is 2.00 bits per heavy atom. The Bertz CT molecular complexity index is 78.9. The second-order valence-electron chi connectivity index (χ2n) is 3.94. The Morgan fingerprint density at radius 1 is 1.00 bits per heavy atom. The standard InChI is InChI=1S/C10H21F/c1-9(2)6-4-5-7-10(3)8-11/h9-10H,4-8H2,1-3H3. The first-order chi connectivity index (χ1) is 5.16. The van der Waals surface area contributed by atoms with Crippen molar-refractivity contribution >= 4 is 0 Å². The molecule has 0 aromatic rings. The monoisotopic (exact) mass is 160 g/mol. The van der Waals surface area contributed by atoms with Gasteiger partial charge >= 0.3 is 0 Å². The highest BCUT2D eigenvalue weighted by Gasteiger charge is 2.00. The summed E-state index contributed by atoms with van der Waals surface area (Å²) in [5, 5.41) is 0. The Hall–Kier alpha value is -0.0700. The number of rotatable bonds is 6. The van der Waals surface area contributed by atoms with Crippen LogP contribution in [0.1, 0.15) is 46.5 Å². The molecular formula is C10H21F. The van der Waals surface area contributed by atoms with Gasteiger partial charge in [-0.05, 0) is 18.3 Å². The van der Waals surface area contributed by atoms with E-state index in [0.29, 0.717) is 0 Å². The van der Waals surface area contributed by atoms with Crippen LogP contribution in [-0.2, 0) is 0 Å². The van der Waals surface area contributed by atoms with Crippen LogP contribution in [0.15, 0.2) is 0 Å². The van der Waals surface area contributed by atoms with E-state index >= 15 is 0 Å². The molecule has 68 valence electrons. The number of hydrogen-bond donors (Lipinski definition) is 0. The summed E-state index contributed by atoms with van der Waals surface area (Å²) >= 11 is 0. The fourth-order valence-corrected chi connectivity index (χ4v) is 1.12.